The highest BCUT2D eigenvalue weighted by atomic mass is 35.5. The molecule has 5 heterocycles. The summed E-state index contributed by atoms with van der Waals surface area (Å²) in [6.45, 7) is 1.98. The van der Waals surface area contributed by atoms with Gasteiger partial charge in [0.1, 0.15) is 22.3 Å². The predicted octanol–water partition coefficient (Wildman–Crippen LogP) is 5.94. The molecule has 0 saturated carbocycles. The fraction of sp³-hybridized carbons (Fsp3) is 0.174. The zero-order valence-corrected chi connectivity index (χ0v) is 20.3. The Morgan fingerprint density at radius 3 is 2.53 bits per heavy atom. The van der Waals surface area contributed by atoms with Crippen molar-refractivity contribution in [2.75, 3.05) is 7.11 Å². The van der Waals surface area contributed by atoms with Gasteiger partial charge in [-0.25, -0.2) is 9.78 Å². The summed E-state index contributed by atoms with van der Waals surface area (Å²) in [4.78, 5) is 29.4. The summed E-state index contributed by atoms with van der Waals surface area (Å²) >= 11 is 6.56. The molecule has 0 radical (unpaired) electrons. The number of carboxylic acids is 1. The molecule has 198 valence electrons. The Balaban J connectivity index is 0.000000426. The van der Waals surface area contributed by atoms with Gasteiger partial charge in [0.25, 0.3) is 0 Å². The van der Waals surface area contributed by atoms with E-state index in [-0.39, 0.29) is 11.9 Å². The van der Waals surface area contributed by atoms with E-state index in [0.29, 0.717) is 45.3 Å². The maximum Gasteiger partial charge on any atom is 0.490 e. The van der Waals surface area contributed by atoms with Crippen molar-refractivity contribution in [1.82, 2.24) is 24.9 Å². The van der Waals surface area contributed by atoms with E-state index in [1.165, 1.54) is 0 Å². The molecule has 0 fully saturated rings. The van der Waals surface area contributed by atoms with Crippen molar-refractivity contribution < 1.29 is 41.7 Å². The molecule has 0 saturated heterocycles. The molecule has 0 amide bonds. The van der Waals surface area contributed by atoms with Crippen molar-refractivity contribution in [3.8, 4) is 29.1 Å². The van der Waals surface area contributed by atoms with Crippen LogP contribution in [0.2, 0.25) is 5.02 Å². The summed E-state index contributed by atoms with van der Waals surface area (Å²) < 4.78 is 54.2. The van der Waals surface area contributed by atoms with Gasteiger partial charge in [-0.05, 0) is 6.42 Å². The number of methoxy groups -OCH3 is 1. The lowest BCUT2D eigenvalue weighted by Gasteiger charge is -2.09. The van der Waals surface area contributed by atoms with E-state index >= 15 is 0 Å². The van der Waals surface area contributed by atoms with Gasteiger partial charge in [-0.3, -0.25) is 4.98 Å². The third-order valence-electron chi connectivity index (χ3n) is 4.83. The quantitative estimate of drug-likeness (QED) is 0.260. The summed E-state index contributed by atoms with van der Waals surface area (Å²) in [5, 5.41) is 8.17. The number of aromatic amines is 1. The van der Waals surface area contributed by atoms with Gasteiger partial charge in [0.05, 0.1) is 37.0 Å². The summed E-state index contributed by atoms with van der Waals surface area (Å²) in [5.41, 5.74) is 2.62. The van der Waals surface area contributed by atoms with Crippen molar-refractivity contribution in [3.63, 3.8) is 0 Å². The van der Waals surface area contributed by atoms with E-state index < -0.39 is 12.1 Å². The van der Waals surface area contributed by atoms with E-state index in [1.54, 1.807) is 50.2 Å². The first-order chi connectivity index (χ1) is 18.1. The number of furan rings is 1. The Morgan fingerprint density at radius 2 is 1.84 bits per heavy atom. The number of nitrogens with zero attached hydrogens (tertiary/aromatic N) is 4. The molecule has 0 atom stereocenters. The average molecular weight is 552 g/mol. The van der Waals surface area contributed by atoms with Crippen LogP contribution in [0.4, 0.5) is 13.2 Å². The van der Waals surface area contributed by atoms with Crippen molar-refractivity contribution in [3.05, 3.63) is 53.8 Å². The minimum atomic E-state index is -5.08. The summed E-state index contributed by atoms with van der Waals surface area (Å²) in [5.74, 6) is -1.13. The minimum absolute atomic E-state index is 0.0617. The fourth-order valence-electron chi connectivity index (χ4n) is 3.09. The number of rotatable bonds is 6. The van der Waals surface area contributed by atoms with Gasteiger partial charge in [0.15, 0.2) is 17.1 Å². The van der Waals surface area contributed by atoms with Crippen LogP contribution in [0, 0.1) is 0 Å². The lowest BCUT2D eigenvalue weighted by Crippen LogP contribution is -2.21. The van der Waals surface area contributed by atoms with Crippen LogP contribution in [0.25, 0.3) is 22.1 Å². The number of nitrogens with one attached hydrogen (secondary N) is 1. The minimum Gasteiger partial charge on any atom is -0.495 e. The van der Waals surface area contributed by atoms with E-state index in [4.69, 9.17) is 40.1 Å². The number of ether oxygens (including phenoxy) is 3. The molecule has 38 heavy (non-hydrogen) atoms. The largest absolute Gasteiger partial charge is 0.495 e. The average Bonchev–Trinajstić information content (AvgIpc) is 3.47. The number of carboxylic acid groups (broad SMARTS) is 1. The maximum atomic E-state index is 10.6. The number of aromatic nitrogens is 5. The monoisotopic (exact) mass is 551 g/mol. The van der Waals surface area contributed by atoms with Crippen LogP contribution in [-0.4, -0.2) is 49.3 Å². The highest BCUT2D eigenvalue weighted by molar-refractivity contribution is 6.36. The lowest BCUT2D eigenvalue weighted by molar-refractivity contribution is -0.192. The third-order valence-corrected chi connectivity index (χ3v) is 5.25. The predicted molar refractivity (Wildman–Crippen MR) is 127 cm³/mol. The summed E-state index contributed by atoms with van der Waals surface area (Å²) in [7, 11) is 1.55. The molecule has 0 bridgehead atoms. The Morgan fingerprint density at radius 1 is 1.13 bits per heavy atom. The molecule has 2 N–H and O–H groups in total. The Bertz CT molecular complexity index is 1600. The second kappa shape index (κ2) is 10.8. The zero-order chi connectivity index (χ0) is 27.4. The number of hydrogen-bond acceptors (Lipinski definition) is 9. The first-order valence-corrected chi connectivity index (χ1v) is 11.0. The van der Waals surface area contributed by atoms with Crippen molar-refractivity contribution in [1.29, 1.82) is 0 Å². The van der Waals surface area contributed by atoms with Crippen molar-refractivity contribution in [2.24, 2.45) is 0 Å². The van der Waals surface area contributed by atoms with E-state index in [1.807, 2.05) is 6.92 Å². The highest BCUT2D eigenvalue weighted by Gasteiger charge is 2.38. The Labute approximate surface area is 216 Å². The van der Waals surface area contributed by atoms with Gasteiger partial charge in [0, 0.05) is 23.9 Å². The second-order valence-electron chi connectivity index (χ2n) is 7.35. The topological polar surface area (TPSA) is 145 Å². The second-order valence-corrected chi connectivity index (χ2v) is 7.73. The molecule has 0 unspecified atom stereocenters. The SMILES string of the molecule is CCc1[nH]c2nc(Oc3cnc4ccoc4c3)nc(Oc3cncc(OC)c3)c2c1Cl.O=C(O)C(F)(F)F. The lowest BCUT2D eigenvalue weighted by atomic mass is 10.3. The van der Waals surface area contributed by atoms with Crippen LogP contribution >= 0.6 is 11.6 Å². The molecule has 11 nitrogen and oxygen atoms in total. The third kappa shape index (κ3) is 5.86. The van der Waals surface area contributed by atoms with E-state index in [9.17, 15) is 13.2 Å². The van der Waals surface area contributed by atoms with Gasteiger partial charge < -0.3 is 28.7 Å². The smallest absolute Gasteiger partial charge is 0.490 e. The molecule has 15 heteroatoms. The number of halogens is 4. The van der Waals surface area contributed by atoms with Crippen molar-refractivity contribution >= 4 is 39.7 Å². The number of fused-ring (bicyclic) bond motifs is 2. The van der Waals surface area contributed by atoms with E-state index in [2.05, 4.69) is 24.9 Å². The first kappa shape index (κ1) is 26.5. The van der Waals surface area contributed by atoms with Crippen LogP contribution in [0.15, 0.2) is 47.5 Å². The van der Waals surface area contributed by atoms with Crippen LogP contribution in [0.5, 0.6) is 29.1 Å². The molecular formula is C23H17ClF3N5O6. The maximum absolute atomic E-state index is 10.6. The molecule has 0 spiro atoms. The Kier molecular flexibility index (Phi) is 7.52. The Hall–Kier alpha value is -4.59. The van der Waals surface area contributed by atoms with Crippen molar-refractivity contribution in [2.45, 2.75) is 19.5 Å². The van der Waals surface area contributed by atoms with Gasteiger partial charge in [-0.2, -0.15) is 23.1 Å². The van der Waals surface area contributed by atoms with Gasteiger partial charge in [0.2, 0.25) is 5.88 Å². The molecule has 0 aromatic carbocycles. The molecule has 0 aliphatic rings. The first-order valence-electron chi connectivity index (χ1n) is 10.6. The molecular weight excluding hydrogens is 535 g/mol. The standard InChI is InChI=1S/C21H16ClN5O4.C2HF3O2/c1-3-14-18(22)17-19(25-14)26-21(31-13-7-16-15(24-10-13)4-5-29-16)27-20(17)30-12-6-11(28-2)8-23-9-12;3-2(4,5)1(6)7/h4-10H,3H2,1-2H3,(H,25,26,27);(H,6,7). The summed E-state index contributed by atoms with van der Waals surface area (Å²) in [6.07, 6.45) is 1.85. The number of aryl methyl sites for hydroxylation is 1. The summed E-state index contributed by atoms with van der Waals surface area (Å²) in [6, 6.07) is 5.23. The van der Waals surface area contributed by atoms with Gasteiger partial charge >= 0.3 is 18.2 Å². The molecule has 5 aromatic rings. The number of alkyl halides is 3. The normalized spacial score (nSPS) is 11.2. The number of pyridine rings is 2. The van der Waals surface area contributed by atoms with Crippen LogP contribution in [0.1, 0.15) is 12.6 Å². The number of carbonyl (C=O) groups is 1. The highest BCUT2D eigenvalue weighted by Crippen LogP contribution is 2.37. The van der Waals surface area contributed by atoms with Gasteiger partial charge in [-0.15, -0.1) is 0 Å². The van der Waals surface area contributed by atoms with E-state index in [0.717, 1.165) is 11.2 Å². The number of H-pyrrole nitrogens is 1. The molecule has 5 aromatic heterocycles. The zero-order valence-electron chi connectivity index (χ0n) is 19.5. The van der Waals surface area contributed by atoms with Gasteiger partial charge in [-0.1, -0.05) is 18.5 Å². The van der Waals surface area contributed by atoms with Crippen LogP contribution in [0.3, 0.4) is 0 Å². The number of aliphatic carboxylic acids is 1. The van der Waals surface area contributed by atoms with Crippen LogP contribution in [-0.2, 0) is 11.2 Å². The number of hydrogen-bond donors (Lipinski definition) is 2. The molecule has 0 aliphatic heterocycles. The fourth-order valence-corrected chi connectivity index (χ4v) is 3.44. The van der Waals surface area contributed by atoms with Crippen LogP contribution < -0.4 is 14.2 Å². The molecule has 5 rings (SSSR count). The molecule has 0 aliphatic carbocycles.